The van der Waals surface area contributed by atoms with Gasteiger partial charge in [-0.2, -0.15) is 4.98 Å². The molecule has 0 unspecified atom stereocenters. The molecular formula is C22H18N4O. The summed E-state index contributed by atoms with van der Waals surface area (Å²) >= 11 is 0. The van der Waals surface area contributed by atoms with E-state index in [2.05, 4.69) is 32.0 Å². The van der Waals surface area contributed by atoms with Gasteiger partial charge in [-0.15, -0.1) is 5.92 Å². The number of aryl methyl sites for hydroxylation is 2. The van der Waals surface area contributed by atoms with E-state index in [0.29, 0.717) is 17.5 Å². The SMILES string of the molecule is [C-]#[N+]c1ccc(Nc2nccc(Oc3c(C)cc(C#CC)cc3C)n2)cc1. The minimum absolute atomic E-state index is 0.423. The number of aromatic nitrogens is 2. The Labute approximate surface area is 158 Å². The number of ether oxygens (including phenoxy) is 1. The molecule has 1 N–H and O–H groups in total. The molecule has 0 atom stereocenters. The molecule has 0 fully saturated rings. The number of benzene rings is 2. The van der Waals surface area contributed by atoms with Gasteiger partial charge in [-0.3, -0.25) is 0 Å². The standard InChI is InChI=1S/C22H18N4O/c1-5-6-17-13-15(2)21(16(3)14-17)27-20-11-12-24-22(26-20)25-19-9-7-18(23-4)8-10-19/h7-14H,1-3H3,(H,24,25,26). The van der Waals surface area contributed by atoms with Crippen LogP contribution in [-0.2, 0) is 0 Å². The first-order valence-electron chi connectivity index (χ1n) is 8.38. The van der Waals surface area contributed by atoms with E-state index in [1.54, 1.807) is 24.4 Å². The predicted octanol–water partition coefficient (Wildman–Crippen LogP) is 5.55. The molecule has 132 valence electrons. The van der Waals surface area contributed by atoms with Gasteiger partial charge in [0.2, 0.25) is 11.8 Å². The quantitative estimate of drug-likeness (QED) is 0.493. The molecule has 0 bridgehead atoms. The maximum absolute atomic E-state index is 7.00. The van der Waals surface area contributed by atoms with Gasteiger partial charge in [0.15, 0.2) is 5.69 Å². The van der Waals surface area contributed by atoms with Crippen molar-refractivity contribution in [2.45, 2.75) is 20.8 Å². The maximum Gasteiger partial charge on any atom is 0.230 e. The van der Waals surface area contributed by atoms with Gasteiger partial charge in [-0.1, -0.05) is 18.1 Å². The molecule has 0 amide bonds. The van der Waals surface area contributed by atoms with Crippen LogP contribution in [0, 0.1) is 32.3 Å². The largest absolute Gasteiger partial charge is 0.438 e. The van der Waals surface area contributed by atoms with Gasteiger partial charge in [-0.05, 0) is 56.2 Å². The predicted molar refractivity (Wildman–Crippen MR) is 107 cm³/mol. The van der Waals surface area contributed by atoms with Crippen LogP contribution >= 0.6 is 0 Å². The number of nitrogens with one attached hydrogen (secondary N) is 1. The summed E-state index contributed by atoms with van der Waals surface area (Å²) in [4.78, 5) is 12.0. The van der Waals surface area contributed by atoms with Crippen molar-refractivity contribution in [2.75, 3.05) is 5.32 Å². The first kappa shape index (κ1) is 18.0. The smallest absolute Gasteiger partial charge is 0.230 e. The lowest BCUT2D eigenvalue weighted by atomic mass is 10.1. The number of anilines is 2. The van der Waals surface area contributed by atoms with Crippen LogP contribution in [0.15, 0.2) is 48.7 Å². The Morgan fingerprint density at radius 1 is 1.07 bits per heavy atom. The van der Waals surface area contributed by atoms with Crippen molar-refractivity contribution < 1.29 is 4.74 Å². The van der Waals surface area contributed by atoms with E-state index in [1.165, 1.54) is 0 Å². The van der Waals surface area contributed by atoms with Crippen molar-refractivity contribution >= 4 is 17.3 Å². The zero-order chi connectivity index (χ0) is 19.2. The number of hydrogen-bond acceptors (Lipinski definition) is 4. The monoisotopic (exact) mass is 354 g/mol. The first-order valence-corrected chi connectivity index (χ1v) is 8.38. The third-order valence-electron chi connectivity index (χ3n) is 3.82. The molecule has 0 radical (unpaired) electrons. The highest BCUT2D eigenvalue weighted by atomic mass is 16.5. The Kier molecular flexibility index (Phi) is 5.35. The molecule has 0 aliphatic rings. The van der Waals surface area contributed by atoms with Crippen LogP contribution in [0.5, 0.6) is 11.6 Å². The summed E-state index contributed by atoms with van der Waals surface area (Å²) in [5.41, 5.74) is 4.34. The first-order chi connectivity index (χ1) is 13.1. The number of nitrogens with zero attached hydrogens (tertiary/aromatic N) is 3. The molecule has 0 spiro atoms. The van der Waals surface area contributed by atoms with Gasteiger partial charge in [0.25, 0.3) is 0 Å². The normalized spacial score (nSPS) is 9.70. The van der Waals surface area contributed by atoms with Crippen LogP contribution in [0.1, 0.15) is 23.6 Å². The second-order valence-electron chi connectivity index (χ2n) is 5.92. The number of hydrogen-bond donors (Lipinski definition) is 1. The molecule has 0 saturated heterocycles. The lowest BCUT2D eigenvalue weighted by molar-refractivity contribution is 0.455. The third kappa shape index (κ3) is 4.42. The Bertz CT molecular complexity index is 1050. The van der Waals surface area contributed by atoms with Crippen molar-refractivity contribution in [3.63, 3.8) is 0 Å². The van der Waals surface area contributed by atoms with Crippen molar-refractivity contribution in [2.24, 2.45) is 0 Å². The van der Waals surface area contributed by atoms with Crippen LogP contribution in [0.3, 0.4) is 0 Å². The van der Waals surface area contributed by atoms with Crippen LogP contribution in [-0.4, -0.2) is 9.97 Å². The van der Waals surface area contributed by atoms with Crippen LogP contribution in [0.25, 0.3) is 4.85 Å². The van der Waals surface area contributed by atoms with Crippen LogP contribution < -0.4 is 10.1 Å². The summed E-state index contributed by atoms with van der Waals surface area (Å²) in [7, 11) is 0. The highest BCUT2D eigenvalue weighted by Crippen LogP contribution is 2.29. The molecule has 5 heteroatoms. The lowest BCUT2D eigenvalue weighted by Gasteiger charge is -2.12. The van der Waals surface area contributed by atoms with Crippen LogP contribution in [0.2, 0.25) is 0 Å². The molecule has 1 heterocycles. The molecule has 3 rings (SSSR count). The van der Waals surface area contributed by atoms with E-state index in [0.717, 1.165) is 28.1 Å². The fraction of sp³-hybridized carbons (Fsp3) is 0.136. The Morgan fingerprint density at radius 3 is 2.41 bits per heavy atom. The Hall–Kier alpha value is -3.83. The molecular weight excluding hydrogens is 336 g/mol. The highest BCUT2D eigenvalue weighted by Gasteiger charge is 2.09. The van der Waals surface area contributed by atoms with Gasteiger partial charge in [-0.25, -0.2) is 9.83 Å². The van der Waals surface area contributed by atoms with Gasteiger partial charge < -0.3 is 10.1 Å². The molecule has 2 aromatic carbocycles. The number of rotatable bonds is 4. The lowest BCUT2D eigenvalue weighted by Crippen LogP contribution is -1.99. The van der Waals surface area contributed by atoms with Gasteiger partial charge in [0, 0.05) is 23.5 Å². The molecule has 0 aliphatic heterocycles. The van der Waals surface area contributed by atoms with Crippen molar-refractivity contribution in [3.8, 4) is 23.5 Å². The fourth-order valence-corrected chi connectivity index (χ4v) is 2.64. The van der Waals surface area contributed by atoms with E-state index in [9.17, 15) is 0 Å². The highest BCUT2D eigenvalue weighted by molar-refractivity contribution is 5.59. The van der Waals surface area contributed by atoms with Crippen molar-refractivity contribution in [1.82, 2.24) is 9.97 Å². The Morgan fingerprint density at radius 2 is 1.78 bits per heavy atom. The summed E-state index contributed by atoms with van der Waals surface area (Å²) < 4.78 is 6.01. The van der Waals surface area contributed by atoms with Crippen molar-refractivity contribution in [3.05, 3.63) is 76.8 Å². The maximum atomic E-state index is 7.00. The van der Waals surface area contributed by atoms with Gasteiger partial charge in [0.1, 0.15) is 5.75 Å². The van der Waals surface area contributed by atoms with E-state index in [-0.39, 0.29) is 0 Å². The average molecular weight is 354 g/mol. The summed E-state index contributed by atoms with van der Waals surface area (Å²) in [6.45, 7) is 12.8. The Balaban J connectivity index is 1.81. The summed E-state index contributed by atoms with van der Waals surface area (Å²) in [5, 5.41) is 3.11. The van der Waals surface area contributed by atoms with Crippen LogP contribution in [0.4, 0.5) is 17.3 Å². The van der Waals surface area contributed by atoms with E-state index >= 15 is 0 Å². The molecule has 3 aromatic rings. The van der Waals surface area contributed by atoms with Gasteiger partial charge in [0.05, 0.1) is 6.57 Å². The summed E-state index contributed by atoms with van der Waals surface area (Å²) in [5.74, 6) is 7.61. The van der Waals surface area contributed by atoms with Gasteiger partial charge >= 0.3 is 0 Å². The van der Waals surface area contributed by atoms with E-state index in [1.807, 2.05) is 45.0 Å². The third-order valence-corrected chi connectivity index (χ3v) is 3.82. The summed E-state index contributed by atoms with van der Waals surface area (Å²) in [6.07, 6.45) is 1.64. The van der Waals surface area contributed by atoms with E-state index in [4.69, 9.17) is 11.3 Å². The molecule has 1 aromatic heterocycles. The molecule has 0 saturated carbocycles. The zero-order valence-corrected chi connectivity index (χ0v) is 15.4. The fourth-order valence-electron chi connectivity index (χ4n) is 2.64. The van der Waals surface area contributed by atoms with E-state index < -0.39 is 0 Å². The second-order valence-corrected chi connectivity index (χ2v) is 5.92. The molecule has 27 heavy (non-hydrogen) atoms. The molecule has 5 nitrogen and oxygen atoms in total. The zero-order valence-electron chi connectivity index (χ0n) is 15.4. The molecule has 0 aliphatic carbocycles. The summed E-state index contributed by atoms with van der Waals surface area (Å²) in [6, 6.07) is 12.8. The topological polar surface area (TPSA) is 51.4 Å². The minimum Gasteiger partial charge on any atom is -0.438 e. The minimum atomic E-state index is 0.423. The second kappa shape index (κ2) is 8.03. The average Bonchev–Trinajstić information content (AvgIpc) is 2.66. The van der Waals surface area contributed by atoms with Crippen molar-refractivity contribution in [1.29, 1.82) is 0 Å².